The molecule has 0 aliphatic carbocycles. The first-order valence-electron chi connectivity index (χ1n) is 7.12. The summed E-state index contributed by atoms with van der Waals surface area (Å²) in [7, 11) is 0. The van der Waals surface area contributed by atoms with Gasteiger partial charge in [-0.05, 0) is 37.1 Å². The second-order valence-corrected chi connectivity index (χ2v) is 5.10. The van der Waals surface area contributed by atoms with Crippen LogP contribution in [-0.2, 0) is 6.42 Å². The molecule has 0 fully saturated rings. The number of rotatable bonds is 6. The molecule has 1 heterocycles. The topological polar surface area (TPSA) is 24.9 Å². The van der Waals surface area contributed by atoms with E-state index in [1.54, 1.807) is 6.20 Å². The summed E-state index contributed by atoms with van der Waals surface area (Å²) < 4.78 is 37.2. The molecule has 0 saturated heterocycles. The van der Waals surface area contributed by atoms with Crippen LogP contribution < -0.4 is 5.32 Å². The lowest BCUT2D eigenvalue weighted by Crippen LogP contribution is -2.32. The van der Waals surface area contributed by atoms with Crippen LogP contribution in [0.5, 0.6) is 0 Å². The van der Waals surface area contributed by atoms with Crippen molar-refractivity contribution in [2.75, 3.05) is 6.54 Å². The van der Waals surface area contributed by atoms with Crippen molar-refractivity contribution in [1.82, 2.24) is 10.3 Å². The van der Waals surface area contributed by atoms with Crippen molar-refractivity contribution < 1.29 is 13.2 Å². The summed E-state index contributed by atoms with van der Waals surface area (Å²) >= 11 is 0. The van der Waals surface area contributed by atoms with Crippen LogP contribution in [0.15, 0.2) is 36.5 Å². The van der Waals surface area contributed by atoms with E-state index in [1.807, 2.05) is 37.3 Å². The molecule has 21 heavy (non-hydrogen) atoms. The number of halogens is 3. The maximum Gasteiger partial charge on any atom is 0.389 e. The monoisotopic (exact) mass is 296 g/mol. The minimum atomic E-state index is -4.10. The highest BCUT2D eigenvalue weighted by molar-refractivity contribution is 5.81. The second kappa shape index (κ2) is 6.89. The lowest BCUT2D eigenvalue weighted by atomic mass is 9.98. The third kappa shape index (κ3) is 4.70. The van der Waals surface area contributed by atoms with E-state index in [-0.39, 0.29) is 12.5 Å². The Labute approximate surface area is 122 Å². The predicted octanol–water partition coefficient (Wildman–Crippen LogP) is 4.10. The first-order valence-corrected chi connectivity index (χ1v) is 7.12. The molecule has 2 aromatic rings. The van der Waals surface area contributed by atoms with Crippen molar-refractivity contribution in [2.24, 2.45) is 0 Å². The smallest absolute Gasteiger partial charge is 0.314 e. The van der Waals surface area contributed by atoms with E-state index in [0.717, 1.165) is 16.5 Å². The van der Waals surface area contributed by atoms with Gasteiger partial charge in [-0.3, -0.25) is 4.98 Å². The van der Waals surface area contributed by atoms with Crippen LogP contribution >= 0.6 is 0 Å². The minimum absolute atomic E-state index is 0.0913. The maximum atomic E-state index is 12.4. The number of likely N-dealkylation sites (N-methyl/N-ethyl adjacent to an activating group) is 1. The molecular weight excluding hydrogens is 277 g/mol. The molecule has 1 unspecified atom stereocenters. The summed E-state index contributed by atoms with van der Waals surface area (Å²) in [6, 6.07) is 9.42. The van der Waals surface area contributed by atoms with Crippen LogP contribution in [0.4, 0.5) is 13.2 Å². The van der Waals surface area contributed by atoms with Crippen molar-refractivity contribution >= 4 is 10.9 Å². The SMILES string of the molecule is CCNC(CCC(F)(F)F)Cc1ccnc2ccccc12. The maximum absolute atomic E-state index is 12.4. The summed E-state index contributed by atoms with van der Waals surface area (Å²) in [5.41, 5.74) is 1.91. The fourth-order valence-corrected chi connectivity index (χ4v) is 2.50. The van der Waals surface area contributed by atoms with Gasteiger partial charge in [0, 0.05) is 24.0 Å². The Morgan fingerprint density at radius 1 is 1.19 bits per heavy atom. The van der Waals surface area contributed by atoms with Crippen molar-refractivity contribution in [3.8, 4) is 0 Å². The van der Waals surface area contributed by atoms with Gasteiger partial charge in [-0.1, -0.05) is 25.1 Å². The number of alkyl halides is 3. The molecule has 0 amide bonds. The van der Waals surface area contributed by atoms with E-state index in [4.69, 9.17) is 0 Å². The van der Waals surface area contributed by atoms with Crippen LogP contribution in [0.3, 0.4) is 0 Å². The van der Waals surface area contributed by atoms with Crippen LogP contribution in [0.2, 0.25) is 0 Å². The standard InChI is InChI=1S/C16H19F3N2/c1-2-20-13(7-9-16(17,18)19)11-12-8-10-21-15-6-4-3-5-14(12)15/h3-6,8,10,13,20H,2,7,9,11H2,1H3. The van der Waals surface area contributed by atoms with E-state index < -0.39 is 12.6 Å². The molecule has 1 aromatic carbocycles. The normalized spacial score (nSPS) is 13.5. The van der Waals surface area contributed by atoms with Crippen LogP contribution in [0.25, 0.3) is 10.9 Å². The van der Waals surface area contributed by atoms with Crippen LogP contribution in [0.1, 0.15) is 25.3 Å². The van der Waals surface area contributed by atoms with Crippen molar-refractivity contribution in [3.05, 3.63) is 42.1 Å². The molecule has 5 heteroatoms. The Morgan fingerprint density at radius 2 is 1.95 bits per heavy atom. The summed E-state index contributed by atoms with van der Waals surface area (Å²) in [6.07, 6.45) is -2.48. The molecule has 2 nitrogen and oxygen atoms in total. The molecule has 0 saturated carbocycles. The fraction of sp³-hybridized carbons (Fsp3) is 0.438. The molecule has 0 bridgehead atoms. The van der Waals surface area contributed by atoms with Gasteiger partial charge in [0.1, 0.15) is 0 Å². The van der Waals surface area contributed by atoms with Crippen LogP contribution in [0, 0.1) is 0 Å². The molecule has 1 aromatic heterocycles. The van der Waals surface area contributed by atoms with E-state index in [2.05, 4.69) is 10.3 Å². The summed E-state index contributed by atoms with van der Waals surface area (Å²) in [5, 5.41) is 4.16. The highest BCUT2D eigenvalue weighted by Crippen LogP contribution is 2.24. The Hall–Kier alpha value is -1.62. The third-order valence-electron chi connectivity index (χ3n) is 3.47. The highest BCUT2D eigenvalue weighted by Gasteiger charge is 2.28. The summed E-state index contributed by atoms with van der Waals surface area (Å²) in [4.78, 5) is 4.28. The number of hydrogen-bond acceptors (Lipinski definition) is 2. The molecule has 2 rings (SSSR count). The first-order chi connectivity index (χ1) is 9.99. The third-order valence-corrected chi connectivity index (χ3v) is 3.47. The lowest BCUT2D eigenvalue weighted by molar-refractivity contribution is -0.136. The second-order valence-electron chi connectivity index (χ2n) is 5.10. The Kier molecular flexibility index (Phi) is 5.17. The number of aromatic nitrogens is 1. The number of para-hydroxylation sites is 1. The number of hydrogen-bond donors (Lipinski definition) is 1. The zero-order chi connectivity index (χ0) is 15.3. The largest absolute Gasteiger partial charge is 0.389 e. The number of pyridine rings is 1. The van der Waals surface area contributed by atoms with E-state index in [9.17, 15) is 13.2 Å². The van der Waals surface area contributed by atoms with Crippen molar-refractivity contribution in [1.29, 1.82) is 0 Å². The van der Waals surface area contributed by atoms with Crippen LogP contribution in [-0.4, -0.2) is 23.7 Å². The van der Waals surface area contributed by atoms with Gasteiger partial charge >= 0.3 is 6.18 Å². The number of nitrogens with one attached hydrogen (secondary N) is 1. The van der Waals surface area contributed by atoms with E-state index >= 15 is 0 Å². The molecule has 0 spiro atoms. The van der Waals surface area contributed by atoms with Gasteiger partial charge < -0.3 is 5.32 Å². The summed E-state index contributed by atoms with van der Waals surface area (Å²) in [5.74, 6) is 0. The Morgan fingerprint density at radius 3 is 2.67 bits per heavy atom. The van der Waals surface area contributed by atoms with Gasteiger partial charge in [0.05, 0.1) is 5.52 Å². The van der Waals surface area contributed by atoms with Crippen molar-refractivity contribution in [2.45, 2.75) is 38.4 Å². The van der Waals surface area contributed by atoms with E-state index in [1.165, 1.54) is 0 Å². The van der Waals surface area contributed by atoms with Gasteiger partial charge in [0.15, 0.2) is 0 Å². The molecule has 0 radical (unpaired) electrons. The number of benzene rings is 1. The molecule has 1 atom stereocenters. The minimum Gasteiger partial charge on any atom is -0.314 e. The zero-order valence-electron chi connectivity index (χ0n) is 12.0. The molecule has 1 N–H and O–H groups in total. The zero-order valence-corrected chi connectivity index (χ0v) is 12.0. The van der Waals surface area contributed by atoms with E-state index in [0.29, 0.717) is 13.0 Å². The fourth-order valence-electron chi connectivity index (χ4n) is 2.50. The highest BCUT2D eigenvalue weighted by atomic mass is 19.4. The van der Waals surface area contributed by atoms with Gasteiger partial charge in [-0.15, -0.1) is 0 Å². The number of nitrogens with zero attached hydrogens (tertiary/aromatic N) is 1. The molecular formula is C16H19F3N2. The van der Waals surface area contributed by atoms with Gasteiger partial charge in [-0.2, -0.15) is 13.2 Å². The lowest BCUT2D eigenvalue weighted by Gasteiger charge is -2.19. The summed E-state index contributed by atoms with van der Waals surface area (Å²) in [6.45, 7) is 2.57. The number of fused-ring (bicyclic) bond motifs is 1. The molecule has 114 valence electrons. The Balaban J connectivity index is 2.15. The average molecular weight is 296 g/mol. The molecule has 0 aliphatic heterocycles. The van der Waals surface area contributed by atoms with Gasteiger partial charge in [0.2, 0.25) is 0 Å². The first kappa shape index (κ1) is 15.8. The predicted molar refractivity (Wildman–Crippen MR) is 78.2 cm³/mol. The molecule has 0 aliphatic rings. The van der Waals surface area contributed by atoms with Gasteiger partial charge in [0.25, 0.3) is 0 Å². The van der Waals surface area contributed by atoms with Crippen molar-refractivity contribution in [3.63, 3.8) is 0 Å². The Bertz CT molecular complexity index is 576. The average Bonchev–Trinajstić information content (AvgIpc) is 2.44. The quantitative estimate of drug-likeness (QED) is 0.868. The van der Waals surface area contributed by atoms with Gasteiger partial charge in [-0.25, -0.2) is 0 Å².